The molecule has 3 fully saturated rings. The second-order valence-corrected chi connectivity index (χ2v) is 31.8. The van der Waals surface area contributed by atoms with Crippen molar-refractivity contribution in [1.29, 1.82) is 0 Å². The van der Waals surface area contributed by atoms with Crippen LogP contribution in [0, 0.1) is 0 Å². The minimum absolute atomic E-state index is 0.665. The third kappa shape index (κ3) is 13.3. The smallest absolute Gasteiger partial charge is 0.187 e. The van der Waals surface area contributed by atoms with Crippen LogP contribution in [0.4, 0.5) is 22.7 Å². The average molecular weight is 1540 g/mol. The number of methoxy groups -OCH3 is 2. The van der Waals surface area contributed by atoms with E-state index >= 15 is 0 Å². The molecule has 109 heavy (non-hydrogen) atoms. The summed E-state index contributed by atoms with van der Waals surface area (Å²) in [5, 5.41) is 11.2. The van der Waals surface area contributed by atoms with Crippen molar-refractivity contribution in [3.05, 3.63) is 320 Å². The van der Waals surface area contributed by atoms with Crippen LogP contribution in [0.15, 0.2) is 265 Å². The fraction of sp³-hybridized carbons (Fsp3) is 0.221. The normalized spacial score (nSPS) is 18.9. The Labute approximate surface area is 654 Å². The van der Waals surface area contributed by atoms with Gasteiger partial charge in [0.2, 0.25) is 0 Å². The number of morpholine rings is 2. The number of aryl methyl sites for hydroxylation is 1. The Morgan fingerprint density at radius 1 is 0.413 bits per heavy atom. The monoisotopic (exact) mass is 1540 g/mol. The van der Waals surface area contributed by atoms with E-state index in [0.717, 1.165) is 183 Å². The second kappa shape index (κ2) is 30.2. The van der Waals surface area contributed by atoms with E-state index in [0.29, 0.717) is 0 Å². The number of fused-ring (bicyclic) bond motifs is 11. The van der Waals surface area contributed by atoms with Crippen LogP contribution in [0.5, 0.6) is 28.7 Å². The Morgan fingerprint density at radius 3 is 1.58 bits per heavy atom. The SMILES string of the molecule is Brc1cc2ccccc2c2c1C=CC(c1ccc(N3CCSCC3)cc1)(c1ccc3ccccc3c1)O2.COc1cc2ccccc2c2c1C=CC(c1ccc3c(c1)CCCN3C)(c1cccs1)O2.COc1ccc2ccc3c(c2c1)OC(c1ccc(N2CCOCC2)cc1)(c1ccc(N2CCOCC2)cc1)C=C3. The molecule has 1 aromatic heterocycles. The van der Waals surface area contributed by atoms with Crippen LogP contribution >= 0.6 is 39.0 Å². The Morgan fingerprint density at radius 2 is 0.936 bits per heavy atom. The van der Waals surface area contributed by atoms with Gasteiger partial charge in [-0.1, -0.05) is 174 Å². The third-order valence-corrected chi connectivity index (χ3v) is 25.2. The number of benzene rings is 12. The van der Waals surface area contributed by atoms with E-state index in [4.69, 9.17) is 33.2 Å². The van der Waals surface area contributed by atoms with E-state index in [-0.39, 0.29) is 0 Å². The largest absolute Gasteiger partial charge is 0.497 e. The third-order valence-electron chi connectivity index (χ3n) is 22.6. The molecule has 8 heterocycles. The number of ether oxygens (including phenoxy) is 7. The van der Waals surface area contributed by atoms with Crippen LogP contribution in [0.2, 0.25) is 0 Å². The van der Waals surface area contributed by atoms with Gasteiger partial charge in [0.1, 0.15) is 28.7 Å². The lowest BCUT2D eigenvalue weighted by atomic mass is 9.82. The van der Waals surface area contributed by atoms with Crippen molar-refractivity contribution in [3.8, 4) is 28.7 Å². The maximum atomic E-state index is 7.19. The average Bonchev–Trinajstić information content (AvgIpc) is 1.37. The van der Waals surface area contributed by atoms with Crippen molar-refractivity contribution in [1.82, 2.24) is 0 Å². The first-order chi connectivity index (χ1) is 53.6. The molecule has 2 atom stereocenters. The number of halogens is 1. The van der Waals surface area contributed by atoms with Crippen molar-refractivity contribution in [3.63, 3.8) is 0 Å². The van der Waals surface area contributed by atoms with Gasteiger partial charge in [-0.3, -0.25) is 0 Å². The molecule has 0 saturated carbocycles. The Hall–Kier alpha value is -10.5. The molecule has 546 valence electrons. The van der Waals surface area contributed by atoms with E-state index in [1.165, 1.54) is 67.5 Å². The number of thioether (sulfide) groups is 1. The first kappa shape index (κ1) is 70.2. The van der Waals surface area contributed by atoms with Gasteiger partial charge in [-0.15, -0.1) is 11.3 Å². The predicted octanol–water partition coefficient (Wildman–Crippen LogP) is 21.2. The minimum Gasteiger partial charge on any atom is -0.497 e. The fourth-order valence-electron chi connectivity index (χ4n) is 16.7. The lowest BCUT2D eigenvalue weighted by molar-refractivity contribution is 0.122. The van der Waals surface area contributed by atoms with E-state index in [1.54, 1.807) is 25.6 Å². The van der Waals surface area contributed by atoms with Crippen molar-refractivity contribution in [2.24, 2.45) is 0 Å². The van der Waals surface area contributed by atoms with Gasteiger partial charge in [0.15, 0.2) is 16.8 Å². The highest BCUT2D eigenvalue weighted by atomic mass is 79.9. The summed E-state index contributed by atoms with van der Waals surface area (Å²) >= 11 is 7.57. The Bertz CT molecular complexity index is 5550. The molecular formula is C95H85BrN4O7S2. The van der Waals surface area contributed by atoms with Crippen LogP contribution in [0.25, 0.3) is 61.3 Å². The van der Waals surface area contributed by atoms with Crippen LogP contribution in [0.1, 0.15) is 61.4 Å². The van der Waals surface area contributed by atoms with Gasteiger partial charge in [-0.2, -0.15) is 11.8 Å². The zero-order chi connectivity index (χ0) is 73.5. The van der Waals surface area contributed by atoms with Crippen molar-refractivity contribution >= 4 is 123 Å². The summed E-state index contributed by atoms with van der Waals surface area (Å²) in [5.41, 5.74) is 13.0. The van der Waals surface area contributed by atoms with Gasteiger partial charge >= 0.3 is 0 Å². The highest BCUT2D eigenvalue weighted by Crippen LogP contribution is 2.53. The molecule has 20 rings (SSSR count). The number of nitrogens with zero attached hydrogens (tertiary/aromatic N) is 4. The molecule has 12 aromatic carbocycles. The van der Waals surface area contributed by atoms with Crippen LogP contribution in [-0.2, 0) is 32.7 Å². The van der Waals surface area contributed by atoms with Gasteiger partial charge in [-0.05, 0) is 166 Å². The Balaban J connectivity index is 0.000000116. The van der Waals surface area contributed by atoms with Crippen LogP contribution in [0.3, 0.4) is 0 Å². The molecule has 0 N–H and O–H groups in total. The molecule has 7 aliphatic rings. The van der Waals surface area contributed by atoms with E-state index in [1.807, 2.05) is 17.8 Å². The minimum atomic E-state index is -0.780. The van der Waals surface area contributed by atoms with Gasteiger partial charge in [-0.25, -0.2) is 0 Å². The van der Waals surface area contributed by atoms with Crippen molar-refractivity contribution in [2.45, 2.75) is 29.6 Å². The summed E-state index contributed by atoms with van der Waals surface area (Å²) in [6, 6.07) is 84.6. The molecule has 13 aromatic rings. The van der Waals surface area contributed by atoms with E-state index in [2.05, 4.69) is 315 Å². The first-order valence-electron chi connectivity index (χ1n) is 37.9. The number of anilines is 4. The molecule has 0 radical (unpaired) electrons. The maximum absolute atomic E-state index is 7.19. The van der Waals surface area contributed by atoms with Gasteiger partial charge in [0.25, 0.3) is 0 Å². The quantitative estimate of drug-likeness (QED) is 0.124. The molecule has 0 bridgehead atoms. The molecule has 0 spiro atoms. The molecule has 3 saturated heterocycles. The summed E-state index contributed by atoms with van der Waals surface area (Å²) < 4.78 is 44.9. The zero-order valence-corrected chi connectivity index (χ0v) is 64.7. The zero-order valence-electron chi connectivity index (χ0n) is 61.5. The van der Waals surface area contributed by atoms with Crippen LogP contribution in [-0.4, -0.2) is 105 Å². The fourth-order valence-corrected chi connectivity index (χ4v) is 19.0. The van der Waals surface area contributed by atoms with E-state index in [9.17, 15) is 0 Å². The number of rotatable bonds is 11. The summed E-state index contributed by atoms with van der Waals surface area (Å²) in [5.74, 6) is 6.69. The number of hydrogen-bond donors (Lipinski definition) is 0. The van der Waals surface area contributed by atoms with Crippen LogP contribution < -0.4 is 43.3 Å². The molecule has 0 amide bonds. The van der Waals surface area contributed by atoms with Crippen molar-refractivity contribution in [2.75, 3.05) is 125 Å². The molecule has 14 heteroatoms. The standard InChI is InChI=1S/C34H34N2O4.C33H26BrNOS.C28H25NO2S/c1-37-31-13-4-25-2-3-26-14-15-34(40-33(26)32(25)24-31,27-5-9-29(10-6-27)35-16-20-38-21-17-35)28-7-11-30(12-8-28)36-18-22-39-23-19-36;34-31-22-25-7-3-4-8-29(25)32-30(31)15-16-33(36-32,27-10-9-23-5-1-2-6-24(23)21-27)26-11-13-28(14-12-26)35-17-19-37-20-18-35;1-29-15-5-8-20-17-21(11-12-24(20)29)28(26-10-6-16-32-26)14-13-23-25(30-2)18-19-7-3-4-9-22(19)27(23)31-28/h2-15,24H,16-23H2,1H3;1-16,21-22H,17-20H2;3-4,6-7,9-14,16-18H,5,8,15H2,1-2H3. The van der Waals surface area contributed by atoms with Gasteiger partial charge in [0.05, 0.1) is 51.1 Å². The first-order valence-corrected chi connectivity index (χ1v) is 40.7. The Kier molecular flexibility index (Phi) is 19.5. The molecule has 7 aliphatic heterocycles. The maximum Gasteiger partial charge on any atom is 0.187 e. The highest BCUT2D eigenvalue weighted by Gasteiger charge is 2.43. The summed E-state index contributed by atoms with van der Waals surface area (Å²) in [6.07, 6.45) is 15.5. The lowest BCUT2D eigenvalue weighted by Crippen LogP contribution is -2.37. The van der Waals surface area contributed by atoms with E-state index < -0.39 is 16.8 Å². The highest BCUT2D eigenvalue weighted by molar-refractivity contribution is 9.10. The lowest BCUT2D eigenvalue weighted by Gasteiger charge is -2.37. The van der Waals surface area contributed by atoms with Gasteiger partial charge in [0, 0.05) is 147 Å². The molecule has 2 unspecified atom stereocenters. The summed E-state index contributed by atoms with van der Waals surface area (Å²) in [4.78, 5) is 10.8. The topological polar surface area (TPSA) is 77.6 Å². The summed E-state index contributed by atoms with van der Waals surface area (Å²) in [7, 11) is 5.60. The summed E-state index contributed by atoms with van der Waals surface area (Å²) in [6.45, 7) is 10.00. The molecular weight excluding hydrogens is 1450 g/mol. The predicted molar refractivity (Wildman–Crippen MR) is 455 cm³/mol. The molecule has 0 aliphatic carbocycles. The number of hydrogen-bond acceptors (Lipinski definition) is 13. The van der Waals surface area contributed by atoms with Crippen molar-refractivity contribution < 1.29 is 33.2 Å². The number of thiophene rings is 1. The second-order valence-electron chi connectivity index (χ2n) is 28.8. The van der Waals surface area contributed by atoms with Gasteiger partial charge < -0.3 is 52.8 Å². The molecule has 11 nitrogen and oxygen atoms in total.